The number of oxazole rings is 1. The fourth-order valence-electron chi connectivity index (χ4n) is 2.80. The molecule has 2 aromatic carbocycles. The van der Waals surface area contributed by atoms with Crippen LogP contribution in [0, 0.1) is 0 Å². The third-order valence-electron chi connectivity index (χ3n) is 4.49. The second-order valence-electron chi connectivity index (χ2n) is 6.47. The fourth-order valence-corrected chi connectivity index (χ4v) is 2.80. The quantitative estimate of drug-likeness (QED) is 0.698. The van der Waals surface area contributed by atoms with E-state index in [0.29, 0.717) is 28.7 Å². The molecule has 6 nitrogen and oxygen atoms in total. The summed E-state index contributed by atoms with van der Waals surface area (Å²) in [5.41, 5.74) is 2.07. The highest BCUT2D eigenvalue weighted by Gasteiger charge is 2.28. The van der Waals surface area contributed by atoms with Crippen molar-refractivity contribution in [2.45, 2.75) is 18.8 Å². The number of hydrogen-bond acceptors (Lipinski definition) is 5. The predicted octanol–water partition coefficient (Wildman–Crippen LogP) is 4.49. The van der Waals surface area contributed by atoms with Gasteiger partial charge in [0.15, 0.2) is 11.7 Å². The third kappa shape index (κ3) is 3.79. The van der Waals surface area contributed by atoms with Crippen LogP contribution < -0.4 is 14.8 Å². The summed E-state index contributed by atoms with van der Waals surface area (Å²) < 4.78 is 16.2. The van der Waals surface area contributed by atoms with Crippen molar-refractivity contribution >= 4 is 11.6 Å². The second-order valence-corrected chi connectivity index (χ2v) is 6.47. The van der Waals surface area contributed by atoms with E-state index < -0.39 is 0 Å². The monoisotopic (exact) mass is 364 g/mol. The molecule has 1 fully saturated rings. The lowest BCUT2D eigenvalue weighted by atomic mass is 10.1. The van der Waals surface area contributed by atoms with Crippen molar-refractivity contribution in [1.82, 2.24) is 4.98 Å². The molecule has 1 saturated carbocycles. The number of amides is 1. The molecule has 4 rings (SSSR count). The maximum absolute atomic E-state index is 12.5. The van der Waals surface area contributed by atoms with Gasteiger partial charge in [-0.3, -0.25) is 4.79 Å². The maximum Gasteiger partial charge on any atom is 0.255 e. The van der Waals surface area contributed by atoms with Gasteiger partial charge in [0.1, 0.15) is 11.5 Å². The standard InChI is InChI=1S/C21H20N2O4/c1-25-17-9-15(10-18(11-17)26-2)20(24)23-16-7-5-13(6-8-16)19-12-22-21(27-19)14-3-4-14/h5-12,14H,3-4H2,1-2H3,(H,23,24). The number of nitrogens with zero attached hydrogens (tertiary/aromatic N) is 1. The fraction of sp³-hybridized carbons (Fsp3) is 0.238. The number of nitrogens with one attached hydrogen (secondary N) is 1. The average molecular weight is 364 g/mol. The third-order valence-corrected chi connectivity index (χ3v) is 4.49. The van der Waals surface area contributed by atoms with Crippen molar-refractivity contribution < 1.29 is 18.7 Å². The van der Waals surface area contributed by atoms with Crippen LogP contribution in [0.25, 0.3) is 11.3 Å². The van der Waals surface area contributed by atoms with Crippen LogP contribution in [0.15, 0.2) is 53.1 Å². The first kappa shape index (κ1) is 17.1. The van der Waals surface area contributed by atoms with Crippen LogP contribution in [0.4, 0.5) is 5.69 Å². The molecule has 6 heteroatoms. The summed E-state index contributed by atoms with van der Waals surface area (Å²) in [6, 6.07) is 12.5. The van der Waals surface area contributed by atoms with E-state index in [1.807, 2.05) is 24.3 Å². The minimum Gasteiger partial charge on any atom is -0.497 e. The van der Waals surface area contributed by atoms with Crippen LogP contribution in [-0.2, 0) is 0 Å². The molecule has 1 N–H and O–H groups in total. The summed E-state index contributed by atoms with van der Waals surface area (Å²) in [6.07, 6.45) is 4.06. The normalized spacial score (nSPS) is 13.3. The smallest absolute Gasteiger partial charge is 0.255 e. The zero-order valence-corrected chi connectivity index (χ0v) is 15.2. The molecule has 27 heavy (non-hydrogen) atoms. The van der Waals surface area contributed by atoms with Crippen molar-refractivity contribution in [3.63, 3.8) is 0 Å². The Bertz CT molecular complexity index is 936. The molecule has 1 aliphatic rings. The summed E-state index contributed by atoms with van der Waals surface area (Å²) in [5, 5.41) is 2.88. The van der Waals surface area contributed by atoms with Gasteiger partial charge in [0.25, 0.3) is 5.91 Å². The van der Waals surface area contributed by atoms with Crippen LogP contribution in [-0.4, -0.2) is 25.1 Å². The Morgan fingerprint density at radius 2 is 1.74 bits per heavy atom. The lowest BCUT2D eigenvalue weighted by Crippen LogP contribution is -2.12. The van der Waals surface area contributed by atoms with Gasteiger partial charge in [0, 0.05) is 28.8 Å². The highest BCUT2D eigenvalue weighted by molar-refractivity contribution is 6.04. The number of ether oxygens (including phenoxy) is 2. The second kappa shape index (κ2) is 7.15. The summed E-state index contributed by atoms with van der Waals surface area (Å²) in [7, 11) is 3.10. The van der Waals surface area contributed by atoms with Crippen molar-refractivity contribution in [3.8, 4) is 22.8 Å². The molecule has 0 aliphatic heterocycles. The highest BCUT2D eigenvalue weighted by Crippen LogP contribution is 2.40. The van der Waals surface area contributed by atoms with Gasteiger partial charge < -0.3 is 19.2 Å². The van der Waals surface area contributed by atoms with Gasteiger partial charge in [-0.05, 0) is 49.2 Å². The van der Waals surface area contributed by atoms with E-state index in [0.717, 1.165) is 30.1 Å². The minimum atomic E-state index is -0.240. The Morgan fingerprint density at radius 3 is 2.33 bits per heavy atom. The summed E-state index contributed by atoms with van der Waals surface area (Å²) in [4.78, 5) is 16.9. The van der Waals surface area contributed by atoms with E-state index in [2.05, 4.69) is 10.3 Å². The van der Waals surface area contributed by atoms with E-state index in [4.69, 9.17) is 13.9 Å². The van der Waals surface area contributed by atoms with Crippen molar-refractivity contribution in [2.24, 2.45) is 0 Å². The van der Waals surface area contributed by atoms with Gasteiger partial charge in [-0.2, -0.15) is 0 Å². The highest BCUT2D eigenvalue weighted by atomic mass is 16.5. The van der Waals surface area contributed by atoms with Crippen LogP contribution in [0.5, 0.6) is 11.5 Å². The Balaban J connectivity index is 1.48. The molecule has 0 bridgehead atoms. The molecule has 1 amide bonds. The van der Waals surface area contributed by atoms with Crippen LogP contribution in [0.2, 0.25) is 0 Å². The Kier molecular flexibility index (Phi) is 4.54. The number of aromatic nitrogens is 1. The van der Waals surface area contributed by atoms with Gasteiger partial charge in [0.2, 0.25) is 0 Å². The van der Waals surface area contributed by atoms with Crippen LogP contribution in [0.3, 0.4) is 0 Å². The predicted molar refractivity (Wildman–Crippen MR) is 101 cm³/mol. The molecule has 0 spiro atoms. The molecule has 0 atom stereocenters. The molecule has 0 radical (unpaired) electrons. The van der Waals surface area contributed by atoms with Crippen molar-refractivity contribution in [1.29, 1.82) is 0 Å². The first-order valence-corrected chi connectivity index (χ1v) is 8.77. The molecule has 0 unspecified atom stereocenters. The summed E-state index contributed by atoms with van der Waals surface area (Å²) >= 11 is 0. The van der Waals surface area contributed by atoms with E-state index in [1.165, 1.54) is 0 Å². The Morgan fingerprint density at radius 1 is 1.07 bits per heavy atom. The molecule has 1 heterocycles. The lowest BCUT2D eigenvalue weighted by molar-refractivity contribution is 0.102. The number of benzene rings is 2. The largest absolute Gasteiger partial charge is 0.497 e. The molecule has 0 saturated heterocycles. The molecule has 138 valence electrons. The van der Waals surface area contributed by atoms with E-state index >= 15 is 0 Å². The molecule has 3 aromatic rings. The molecule has 1 aromatic heterocycles. The number of carbonyl (C=O) groups excluding carboxylic acids is 1. The van der Waals surface area contributed by atoms with Gasteiger partial charge in [-0.25, -0.2) is 4.98 Å². The van der Waals surface area contributed by atoms with Gasteiger partial charge >= 0.3 is 0 Å². The first-order valence-electron chi connectivity index (χ1n) is 8.77. The van der Waals surface area contributed by atoms with Crippen molar-refractivity contribution in [2.75, 3.05) is 19.5 Å². The zero-order valence-electron chi connectivity index (χ0n) is 15.2. The van der Waals surface area contributed by atoms with Crippen LogP contribution >= 0.6 is 0 Å². The summed E-state index contributed by atoms with van der Waals surface area (Å²) in [6.45, 7) is 0. The maximum atomic E-state index is 12.5. The molecule has 1 aliphatic carbocycles. The van der Waals surface area contributed by atoms with Gasteiger partial charge in [0.05, 0.1) is 20.4 Å². The topological polar surface area (TPSA) is 73.6 Å². The minimum absolute atomic E-state index is 0.240. The van der Waals surface area contributed by atoms with E-state index in [-0.39, 0.29) is 5.91 Å². The van der Waals surface area contributed by atoms with Gasteiger partial charge in [-0.15, -0.1) is 0 Å². The number of carbonyl (C=O) groups is 1. The number of methoxy groups -OCH3 is 2. The molecular formula is C21H20N2O4. The van der Waals surface area contributed by atoms with Crippen molar-refractivity contribution in [3.05, 3.63) is 60.1 Å². The Hall–Kier alpha value is -3.28. The van der Waals surface area contributed by atoms with Gasteiger partial charge in [-0.1, -0.05) is 0 Å². The number of hydrogen-bond donors (Lipinski definition) is 1. The summed E-state index contributed by atoms with van der Waals surface area (Å²) in [5.74, 6) is 2.92. The SMILES string of the molecule is COc1cc(OC)cc(C(=O)Nc2ccc(-c3cnc(C4CC4)o3)cc2)c1. The van der Waals surface area contributed by atoms with Crippen LogP contribution in [0.1, 0.15) is 35.0 Å². The molecular weight excluding hydrogens is 344 g/mol. The zero-order chi connectivity index (χ0) is 18.8. The lowest BCUT2D eigenvalue weighted by Gasteiger charge is -2.09. The average Bonchev–Trinajstić information content (AvgIpc) is 3.45. The first-order chi connectivity index (χ1) is 13.2. The van der Waals surface area contributed by atoms with E-state index in [9.17, 15) is 4.79 Å². The van der Waals surface area contributed by atoms with E-state index in [1.54, 1.807) is 38.6 Å². The Labute approximate surface area is 157 Å². The number of anilines is 1. The number of rotatable bonds is 6.